The van der Waals surface area contributed by atoms with Crippen LogP contribution in [-0.2, 0) is 6.42 Å². The second-order valence-electron chi connectivity index (χ2n) is 4.32. The topological polar surface area (TPSA) is 46.5 Å². The van der Waals surface area contributed by atoms with E-state index in [9.17, 15) is 4.79 Å². The molecule has 0 heterocycles. The fraction of sp³-hybridized carbons (Fsp3) is 0.188. The summed E-state index contributed by atoms with van der Waals surface area (Å²) in [6, 6.07) is 13.5. The molecule has 19 heavy (non-hydrogen) atoms. The lowest BCUT2D eigenvalue weighted by atomic mass is 9.94. The molecule has 2 aromatic rings. The molecular weight excluding hydrogens is 240 g/mol. The number of rotatable bonds is 3. The van der Waals surface area contributed by atoms with Gasteiger partial charge in [-0.25, -0.2) is 4.79 Å². The maximum Gasteiger partial charge on any atom is 0.511 e. The minimum atomic E-state index is -1.28. The smallest absolute Gasteiger partial charge is 0.449 e. The van der Waals surface area contributed by atoms with Gasteiger partial charge in [-0.1, -0.05) is 43.3 Å². The van der Waals surface area contributed by atoms with E-state index in [-0.39, 0.29) is 0 Å². The lowest BCUT2D eigenvalue weighted by molar-refractivity contribution is 0.144. The van der Waals surface area contributed by atoms with Crippen molar-refractivity contribution in [3.8, 4) is 16.9 Å². The van der Waals surface area contributed by atoms with Crippen LogP contribution in [-0.4, -0.2) is 11.3 Å². The van der Waals surface area contributed by atoms with Crippen molar-refractivity contribution in [2.24, 2.45) is 0 Å². The van der Waals surface area contributed by atoms with E-state index in [0.29, 0.717) is 12.2 Å². The molecule has 0 aromatic heterocycles. The molecule has 3 heteroatoms. The normalized spacial score (nSPS) is 10.2. The Bertz CT molecular complexity index is 603. The fourth-order valence-electron chi connectivity index (χ4n) is 2.25. The van der Waals surface area contributed by atoms with Crippen molar-refractivity contribution in [2.45, 2.75) is 20.3 Å². The van der Waals surface area contributed by atoms with E-state index < -0.39 is 6.16 Å². The van der Waals surface area contributed by atoms with Gasteiger partial charge in [-0.15, -0.1) is 0 Å². The van der Waals surface area contributed by atoms with Crippen molar-refractivity contribution < 1.29 is 14.6 Å². The quantitative estimate of drug-likeness (QED) is 0.658. The first-order valence-electron chi connectivity index (χ1n) is 6.22. The van der Waals surface area contributed by atoms with E-state index in [1.807, 2.05) is 50.2 Å². The molecule has 0 aliphatic carbocycles. The highest BCUT2D eigenvalue weighted by atomic mass is 16.7. The number of carbonyl (C=O) groups is 1. The van der Waals surface area contributed by atoms with Crippen LogP contribution in [0.3, 0.4) is 0 Å². The van der Waals surface area contributed by atoms with Gasteiger partial charge in [-0.05, 0) is 36.1 Å². The summed E-state index contributed by atoms with van der Waals surface area (Å²) in [5.74, 6) is 0.413. The van der Waals surface area contributed by atoms with E-state index in [0.717, 1.165) is 22.3 Å². The van der Waals surface area contributed by atoms with Gasteiger partial charge in [0.05, 0.1) is 0 Å². The van der Waals surface area contributed by atoms with Gasteiger partial charge in [-0.2, -0.15) is 0 Å². The van der Waals surface area contributed by atoms with Crippen LogP contribution in [0.15, 0.2) is 42.5 Å². The van der Waals surface area contributed by atoms with Crippen LogP contribution in [0, 0.1) is 6.92 Å². The average Bonchev–Trinajstić information content (AvgIpc) is 2.38. The van der Waals surface area contributed by atoms with Crippen LogP contribution in [0.1, 0.15) is 18.1 Å². The van der Waals surface area contributed by atoms with E-state index in [4.69, 9.17) is 9.84 Å². The number of hydrogen-bond acceptors (Lipinski definition) is 2. The van der Waals surface area contributed by atoms with Gasteiger partial charge < -0.3 is 9.84 Å². The first-order valence-corrected chi connectivity index (χ1v) is 6.22. The standard InChI is InChI=1S/C16H16O3/c1-3-12-14(13-8-5-4-7-11(13)2)9-6-10-15(12)19-16(17)18/h4-10H,3H2,1-2H3,(H,17,18). The lowest BCUT2D eigenvalue weighted by Crippen LogP contribution is -2.06. The summed E-state index contributed by atoms with van der Waals surface area (Å²) in [7, 11) is 0. The molecule has 0 amide bonds. The highest BCUT2D eigenvalue weighted by Crippen LogP contribution is 2.33. The summed E-state index contributed by atoms with van der Waals surface area (Å²) in [6.45, 7) is 4.03. The van der Waals surface area contributed by atoms with Crippen molar-refractivity contribution in [1.82, 2.24) is 0 Å². The summed E-state index contributed by atoms with van der Waals surface area (Å²) in [5.41, 5.74) is 4.21. The molecule has 0 spiro atoms. The molecular formula is C16H16O3. The molecule has 0 saturated heterocycles. The van der Waals surface area contributed by atoms with Gasteiger partial charge >= 0.3 is 6.16 Å². The van der Waals surface area contributed by atoms with Crippen LogP contribution >= 0.6 is 0 Å². The van der Waals surface area contributed by atoms with Gasteiger partial charge in [-0.3, -0.25) is 0 Å². The Hall–Kier alpha value is -2.29. The van der Waals surface area contributed by atoms with Crippen molar-refractivity contribution in [3.05, 3.63) is 53.6 Å². The SMILES string of the molecule is CCc1c(OC(=O)O)cccc1-c1ccccc1C. The molecule has 2 rings (SSSR count). The third-order valence-corrected chi connectivity index (χ3v) is 3.12. The Kier molecular flexibility index (Phi) is 3.85. The van der Waals surface area contributed by atoms with Crippen LogP contribution in [0.2, 0.25) is 0 Å². The molecule has 0 unspecified atom stereocenters. The van der Waals surface area contributed by atoms with E-state index in [1.165, 1.54) is 0 Å². The second-order valence-corrected chi connectivity index (χ2v) is 4.32. The first-order chi connectivity index (χ1) is 9.13. The zero-order valence-corrected chi connectivity index (χ0v) is 11.0. The zero-order chi connectivity index (χ0) is 13.8. The third kappa shape index (κ3) is 2.76. The summed E-state index contributed by atoms with van der Waals surface area (Å²) < 4.78 is 4.85. The Labute approximate surface area is 112 Å². The molecule has 0 aliphatic heterocycles. The number of ether oxygens (including phenoxy) is 1. The fourth-order valence-corrected chi connectivity index (χ4v) is 2.25. The van der Waals surface area contributed by atoms with Gasteiger partial charge in [0.15, 0.2) is 0 Å². The highest BCUT2D eigenvalue weighted by molar-refractivity contribution is 5.74. The van der Waals surface area contributed by atoms with Crippen LogP contribution < -0.4 is 4.74 Å². The minimum Gasteiger partial charge on any atom is -0.449 e. The zero-order valence-electron chi connectivity index (χ0n) is 11.0. The Morgan fingerprint density at radius 3 is 2.42 bits per heavy atom. The van der Waals surface area contributed by atoms with E-state index >= 15 is 0 Å². The summed E-state index contributed by atoms with van der Waals surface area (Å²) in [5, 5.41) is 8.78. The van der Waals surface area contributed by atoms with Crippen LogP contribution in [0.5, 0.6) is 5.75 Å². The number of aryl methyl sites for hydroxylation is 1. The minimum absolute atomic E-state index is 0.413. The number of hydrogen-bond donors (Lipinski definition) is 1. The predicted molar refractivity (Wildman–Crippen MR) is 74.6 cm³/mol. The molecule has 0 saturated carbocycles. The molecule has 2 aromatic carbocycles. The van der Waals surface area contributed by atoms with E-state index in [1.54, 1.807) is 6.07 Å². The first kappa shape index (κ1) is 13.1. The summed E-state index contributed by atoms with van der Waals surface area (Å²) >= 11 is 0. The summed E-state index contributed by atoms with van der Waals surface area (Å²) in [4.78, 5) is 10.7. The van der Waals surface area contributed by atoms with Crippen LogP contribution in [0.25, 0.3) is 11.1 Å². The molecule has 0 aliphatic rings. The van der Waals surface area contributed by atoms with Crippen molar-refractivity contribution in [1.29, 1.82) is 0 Å². The monoisotopic (exact) mass is 256 g/mol. The Morgan fingerprint density at radius 1 is 1.11 bits per heavy atom. The molecule has 0 fully saturated rings. The lowest BCUT2D eigenvalue weighted by Gasteiger charge is -2.14. The van der Waals surface area contributed by atoms with Crippen molar-refractivity contribution in [3.63, 3.8) is 0 Å². The number of benzene rings is 2. The van der Waals surface area contributed by atoms with Crippen molar-refractivity contribution in [2.75, 3.05) is 0 Å². The Morgan fingerprint density at radius 2 is 1.79 bits per heavy atom. The largest absolute Gasteiger partial charge is 0.511 e. The van der Waals surface area contributed by atoms with E-state index in [2.05, 4.69) is 0 Å². The molecule has 0 radical (unpaired) electrons. The van der Waals surface area contributed by atoms with Gasteiger partial charge in [0.1, 0.15) is 5.75 Å². The predicted octanol–water partition coefficient (Wildman–Crippen LogP) is 4.28. The molecule has 0 atom stereocenters. The maximum absolute atomic E-state index is 10.7. The summed E-state index contributed by atoms with van der Waals surface area (Å²) in [6.07, 6.45) is -0.565. The Balaban J connectivity index is 2.58. The van der Waals surface area contributed by atoms with Gasteiger partial charge in [0.2, 0.25) is 0 Å². The second kappa shape index (κ2) is 5.57. The molecule has 0 bridgehead atoms. The van der Waals surface area contributed by atoms with Crippen molar-refractivity contribution >= 4 is 6.16 Å². The maximum atomic E-state index is 10.7. The number of carboxylic acid groups (broad SMARTS) is 1. The molecule has 3 nitrogen and oxygen atoms in total. The molecule has 98 valence electrons. The third-order valence-electron chi connectivity index (χ3n) is 3.12. The average molecular weight is 256 g/mol. The van der Waals surface area contributed by atoms with Gasteiger partial charge in [0.25, 0.3) is 0 Å². The van der Waals surface area contributed by atoms with Gasteiger partial charge in [0, 0.05) is 5.56 Å². The highest BCUT2D eigenvalue weighted by Gasteiger charge is 2.13. The molecule has 1 N–H and O–H groups in total. The van der Waals surface area contributed by atoms with Crippen LogP contribution in [0.4, 0.5) is 4.79 Å².